The highest BCUT2D eigenvalue weighted by atomic mass is 35.5. The smallest absolute Gasteiger partial charge is 0.0975 e. The van der Waals surface area contributed by atoms with E-state index >= 15 is 0 Å². The Hall–Kier alpha value is -1.04. The molecule has 1 aromatic carbocycles. The number of benzene rings is 1. The van der Waals surface area contributed by atoms with Crippen LogP contribution in [0.15, 0.2) is 24.3 Å². The molecule has 0 amide bonds. The fourth-order valence-electron chi connectivity index (χ4n) is 1.54. The SMILES string of the molecule is CCC(C#N)N(C)Cc1cccc(Cl)c1. The Morgan fingerprint density at radius 1 is 1.53 bits per heavy atom. The van der Waals surface area contributed by atoms with Crippen LogP contribution in [-0.2, 0) is 6.54 Å². The zero-order valence-electron chi connectivity index (χ0n) is 9.07. The molecule has 0 heterocycles. The lowest BCUT2D eigenvalue weighted by atomic mass is 10.1. The van der Waals surface area contributed by atoms with Crippen LogP contribution in [0.3, 0.4) is 0 Å². The zero-order chi connectivity index (χ0) is 11.3. The van der Waals surface area contributed by atoms with E-state index in [1.807, 2.05) is 43.1 Å². The number of hydrogen-bond acceptors (Lipinski definition) is 2. The predicted molar refractivity (Wildman–Crippen MR) is 62.6 cm³/mol. The molecular weight excluding hydrogens is 208 g/mol. The Morgan fingerprint density at radius 3 is 2.80 bits per heavy atom. The monoisotopic (exact) mass is 222 g/mol. The summed E-state index contributed by atoms with van der Waals surface area (Å²) in [7, 11) is 1.96. The van der Waals surface area contributed by atoms with E-state index in [1.165, 1.54) is 0 Å². The van der Waals surface area contributed by atoms with Crippen LogP contribution in [0.5, 0.6) is 0 Å². The number of hydrogen-bond donors (Lipinski definition) is 0. The van der Waals surface area contributed by atoms with E-state index in [2.05, 4.69) is 6.07 Å². The van der Waals surface area contributed by atoms with Gasteiger partial charge in [-0.1, -0.05) is 30.7 Å². The van der Waals surface area contributed by atoms with Crippen molar-refractivity contribution in [2.75, 3.05) is 7.05 Å². The fraction of sp³-hybridized carbons (Fsp3) is 0.417. The first-order valence-electron chi connectivity index (χ1n) is 5.01. The van der Waals surface area contributed by atoms with Gasteiger partial charge in [0, 0.05) is 11.6 Å². The average Bonchev–Trinajstić information content (AvgIpc) is 2.19. The summed E-state index contributed by atoms with van der Waals surface area (Å²) in [5.41, 5.74) is 1.14. The third-order valence-corrected chi connectivity index (χ3v) is 2.62. The van der Waals surface area contributed by atoms with Crippen LogP contribution < -0.4 is 0 Å². The van der Waals surface area contributed by atoms with Gasteiger partial charge in [-0.15, -0.1) is 0 Å². The highest BCUT2D eigenvalue weighted by Crippen LogP contribution is 2.13. The molecule has 0 aromatic heterocycles. The van der Waals surface area contributed by atoms with Gasteiger partial charge < -0.3 is 0 Å². The number of rotatable bonds is 4. The molecule has 80 valence electrons. The Morgan fingerprint density at radius 2 is 2.27 bits per heavy atom. The second kappa shape index (κ2) is 5.75. The molecule has 0 saturated carbocycles. The van der Waals surface area contributed by atoms with E-state index in [9.17, 15) is 0 Å². The maximum Gasteiger partial charge on any atom is 0.0975 e. The van der Waals surface area contributed by atoms with Crippen molar-refractivity contribution in [1.29, 1.82) is 5.26 Å². The first-order chi connectivity index (χ1) is 7.17. The van der Waals surface area contributed by atoms with Crippen LogP contribution in [0.4, 0.5) is 0 Å². The van der Waals surface area contributed by atoms with Gasteiger partial charge in [-0.3, -0.25) is 4.90 Å². The summed E-state index contributed by atoms with van der Waals surface area (Å²) in [4.78, 5) is 2.03. The van der Waals surface area contributed by atoms with Crippen LogP contribution in [0, 0.1) is 11.3 Å². The molecule has 0 bridgehead atoms. The number of halogens is 1. The Labute approximate surface area is 96.1 Å². The summed E-state index contributed by atoms with van der Waals surface area (Å²) in [5.74, 6) is 0. The van der Waals surface area contributed by atoms with Crippen molar-refractivity contribution in [3.8, 4) is 6.07 Å². The van der Waals surface area contributed by atoms with Gasteiger partial charge in [0.1, 0.15) is 0 Å². The van der Waals surface area contributed by atoms with E-state index in [-0.39, 0.29) is 6.04 Å². The zero-order valence-corrected chi connectivity index (χ0v) is 9.83. The van der Waals surface area contributed by atoms with Crippen molar-refractivity contribution < 1.29 is 0 Å². The lowest BCUT2D eigenvalue weighted by Gasteiger charge is -2.21. The standard InChI is InChI=1S/C12H15ClN2/c1-3-12(8-14)15(2)9-10-5-4-6-11(13)7-10/h4-7,12H,3,9H2,1-2H3. The summed E-state index contributed by atoms with van der Waals surface area (Å²) in [5, 5.41) is 9.65. The van der Waals surface area contributed by atoms with Crippen molar-refractivity contribution in [3.05, 3.63) is 34.9 Å². The Balaban J connectivity index is 2.66. The maximum atomic E-state index is 8.91. The second-order valence-corrected chi connectivity index (χ2v) is 4.03. The van der Waals surface area contributed by atoms with E-state index in [0.29, 0.717) is 0 Å². The van der Waals surface area contributed by atoms with E-state index < -0.39 is 0 Å². The van der Waals surface area contributed by atoms with Crippen LogP contribution >= 0.6 is 11.6 Å². The lowest BCUT2D eigenvalue weighted by Crippen LogP contribution is -2.29. The van der Waals surface area contributed by atoms with Gasteiger partial charge in [0.2, 0.25) is 0 Å². The molecule has 1 atom stereocenters. The fourth-order valence-corrected chi connectivity index (χ4v) is 1.75. The van der Waals surface area contributed by atoms with E-state index in [1.54, 1.807) is 0 Å². The summed E-state index contributed by atoms with van der Waals surface area (Å²) in [6.45, 7) is 2.77. The molecule has 15 heavy (non-hydrogen) atoms. The maximum absolute atomic E-state index is 8.91. The minimum absolute atomic E-state index is 0.0241. The van der Waals surface area contributed by atoms with Crippen LogP contribution in [0.1, 0.15) is 18.9 Å². The molecule has 3 heteroatoms. The van der Waals surface area contributed by atoms with Gasteiger partial charge >= 0.3 is 0 Å². The minimum atomic E-state index is -0.0241. The quantitative estimate of drug-likeness (QED) is 0.783. The molecular formula is C12H15ClN2. The molecule has 0 spiro atoms. The van der Waals surface area contributed by atoms with Gasteiger partial charge in [-0.25, -0.2) is 0 Å². The third-order valence-electron chi connectivity index (χ3n) is 2.39. The number of nitriles is 1. The van der Waals surface area contributed by atoms with Crippen LogP contribution in [0.2, 0.25) is 5.02 Å². The normalized spacial score (nSPS) is 12.5. The predicted octanol–water partition coefficient (Wildman–Crippen LogP) is 3.07. The molecule has 0 saturated heterocycles. The van der Waals surface area contributed by atoms with Gasteiger partial charge in [0.05, 0.1) is 12.1 Å². The van der Waals surface area contributed by atoms with Crippen molar-refractivity contribution in [2.24, 2.45) is 0 Å². The molecule has 0 aliphatic rings. The summed E-state index contributed by atoms with van der Waals surface area (Å²) >= 11 is 5.89. The van der Waals surface area contributed by atoms with E-state index in [4.69, 9.17) is 16.9 Å². The topological polar surface area (TPSA) is 27.0 Å². The highest BCUT2D eigenvalue weighted by Gasteiger charge is 2.11. The van der Waals surface area contributed by atoms with Crippen LogP contribution in [0.25, 0.3) is 0 Å². The summed E-state index contributed by atoms with van der Waals surface area (Å²) in [6.07, 6.45) is 0.841. The first kappa shape index (κ1) is 12.0. The molecule has 0 radical (unpaired) electrons. The summed E-state index contributed by atoms with van der Waals surface area (Å²) in [6, 6.07) is 9.99. The first-order valence-corrected chi connectivity index (χ1v) is 5.39. The van der Waals surface area contributed by atoms with Crippen molar-refractivity contribution >= 4 is 11.6 Å². The largest absolute Gasteiger partial charge is 0.287 e. The lowest BCUT2D eigenvalue weighted by molar-refractivity contribution is 0.273. The molecule has 1 aromatic rings. The molecule has 1 unspecified atom stereocenters. The van der Waals surface area contributed by atoms with Crippen molar-refractivity contribution in [2.45, 2.75) is 25.9 Å². The van der Waals surface area contributed by atoms with Crippen molar-refractivity contribution in [3.63, 3.8) is 0 Å². The third kappa shape index (κ3) is 3.54. The molecule has 0 N–H and O–H groups in total. The highest BCUT2D eigenvalue weighted by molar-refractivity contribution is 6.30. The van der Waals surface area contributed by atoms with Crippen molar-refractivity contribution in [1.82, 2.24) is 4.90 Å². The Kier molecular flexibility index (Phi) is 4.61. The molecule has 1 rings (SSSR count). The van der Waals surface area contributed by atoms with Crippen LogP contribution in [-0.4, -0.2) is 18.0 Å². The Bertz CT molecular complexity index is 357. The number of nitrogens with zero attached hydrogens (tertiary/aromatic N) is 2. The van der Waals surface area contributed by atoms with Gasteiger partial charge in [0.15, 0.2) is 0 Å². The molecule has 0 aliphatic carbocycles. The van der Waals surface area contributed by atoms with Gasteiger partial charge in [-0.05, 0) is 31.2 Å². The van der Waals surface area contributed by atoms with Gasteiger partial charge in [0.25, 0.3) is 0 Å². The van der Waals surface area contributed by atoms with Gasteiger partial charge in [-0.2, -0.15) is 5.26 Å². The van der Waals surface area contributed by atoms with E-state index in [0.717, 1.165) is 23.6 Å². The second-order valence-electron chi connectivity index (χ2n) is 3.60. The molecule has 2 nitrogen and oxygen atoms in total. The molecule has 0 aliphatic heterocycles. The molecule has 0 fully saturated rings. The summed E-state index contributed by atoms with van der Waals surface area (Å²) < 4.78 is 0. The average molecular weight is 223 g/mol. The minimum Gasteiger partial charge on any atom is -0.287 e.